The van der Waals surface area contributed by atoms with Gasteiger partial charge in [0, 0.05) is 0 Å². The first-order valence-electron chi connectivity index (χ1n) is 13.4. The molecular weight excluding hydrogens is 412 g/mol. The molecule has 4 nitrogen and oxygen atoms in total. The highest BCUT2D eigenvalue weighted by molar-refractivity contribution is 5.14. The smallest absolute Gasteiger partial charge is 0.190 e. The molecule has 2 fully saturated rings. The lowest BCUT2D eigenvalue weighted by atomic mass is 10.0. The Balaban J connectivity index is 1.33. The number of fused-ring (bicyclic) bond motifs is 1. The van der Waals surface area contributed by atoms with Crippen LogP contribution in [-0.4, -0.2) is 30.4 Å². The Kier molecular flexibility index (Phi) is 11.4. The van der Waals surface area contributed by atoms with Crippen LogP contribution in [0.25, 0.3) is 0 Å². The van der Waals surface area contributed by atoms with Gasteiger partial charge in [-0.1, -0.05) is 114 Å². The lowest BCUT2D eigenvalue weighted by molar-refractivity contribution is -0.213. The molecule has 2 aliphatic rings. The minimum Gasteiger partial charge on any atom is -0.368 e. The molecule has 0 N–H and O–H groups in total. The van der Waals surface area contributed by atoms with Gasteiger partial charge in [-0.2, -0.15) is 0 Å². The van der Waals surface area contributed by atoms with E-state index in [4.69, 9.17) is 18.9 Å². The second-order valence-corrected chi connectivity index (χ2v) is 10.1. The summed E-state index contributed by atoms with van der Waals surface area (Å²) in [5, 5.41) is 0. The minimum absolute atomic E-state index is 0.132. The zero-order valence-corrected chi connectivity index (χ0v) is 21.2. The Bertz CT molecular complexity index is 671. The molecule has 0 aliphatic carbocycles. The van der Waals surface area contributed by atoms with Gasteiger partial charge in [0.25, 0.3) is 0 Å². The summed E-state index contributed by atoms with van der Waals surface area (Å²) in [5.74, 6) is -0.631. The average Bonchev–Trinajstić information content (AvgIpc) is 3.27. The van der Waals surface area contributed by atoms with E-state index in [1.54, 1.807) is 0 Å². The first kappa shape index (κ1) is 26.4. The summed E-state index contributed by atoms with van der Waals surface area (Å²) in [6.45, 7) is 6.69. The van der Waals surface area contributed by atoms with Crippen molar-refractivity contribution in [1.82, 2.24) is 0 Å². The number of benzene rings is 1. The summed E-state index contributed by atoms with van der Waals surface area (Å²) >= 11 is 0. The maximum Gasteiger partial charge on any atom is 0.190 e. The first-order chi connectivity index (χ1) is 16.1. The molecule has 2 saturated heterocycles. The summed E-state index contributed by atoms with van der Waals surface area (Å²) in [4.78, 5) is 0. The van der Waals surface area contributed by atoms with Crippen molar-refractivity contribution in [3.63, 3.8) is 0 Å². The molecule has 0 amide bonds. The van der Waals surface area contributed by atoms with Gasteiger partial charge in [0.15, 0.2) is 12.1 Å². The number of hydrogen-bond acceptors (Lipinski definition) is 4. The highest BCUT2D eigenvalue weighted by Gasteiger charge is 2.54. The van der Waals surface area contributed by atoms with Gasteiger partial charge in [-0.25, -0.2) is 0 Å². The number of allylic oxidation sites excluding steroid dienone is 1. The number of hydrogen-bond donors (Lipinski definition) is 0. The van der Waals surface area contributed by atoms with Crippen molar-refractivity contribution in [3.8, 4) is 0 Å². The van der Waals surface area contributed by atoms with Crippen molar-refractivity contribution < 1.29 is 18.9 Å². The van der Waals surface area contributed by atoms with Crippen molar-refractivity contribution in [1.29, 1.82) is 0 Å². The Labute approximate surface area is 202 Å². The predicted octanol–water partition coefficient (Wildman–Crippen LogP) is 7.71. The number of ether oxygens (including phenoxy) is 4. The number of rotatable bonds is 16. The molecule has 4 heteroatoms. The normalized spacial score (nSPS) is 26.3. The monoisotopic (exact) mass is 458 g/mol. The van der Waals surface area contributed by atoms with Gasteiger partial charge >= 0.3 is 0 Å². The Morgan fingerprint density at radius 2 is 1.48 bits per heavy atom. The molecule has 0 spiro atoms. The lowest BCUT2D eigenvalue weighted by Crippen LogP contribution is -2.36. The van der Waals surface area contributed by atoms with Crippen LogP contribution in [0.5, 0.6) is 0 Å². The van der Waals surface area contributed by atoms with Crippen LogP contribution >= 0.6 is 0 Å². The van der Waals surface area contributed by atoms with E-state index in [0.717, 1.165) is 12.0 Å². The van der Waals surface area contributed by atoms with Gasteiger partial charge in [0.05, 0.1) is 6.61 Å². The van der Waals surface area contributed by atoms with Crippen molar-refractivity contribution >= 4 is 0 Å². The van der Waals surface area contributed by atoms with Crippen molar-refractivity contribution in [2.45, 2.75) is 135 Å². The third-order valence-electron chi connectivity index (χ3n) is 6.61. The molecule has 0 unspecified atom stereocenters. The Morgan fingerprint density at radius 1 is 0.848 bits per heavy atom. The van der Waals surface area contributed by atoms with Crippen LogP contribution in [0.3, 0.4) is 0 Å². The van der Waals surface area contributed by atoms with E-state index in [9.17, 15) is 0 Å². The SMILES string of the molecule is CCCCCCCCCCCCC/C=C/[C@H]1O[C@@H]2OC(C)(C)O[C@@H]2[C@H]1OCc1ccccc1. The van der Waals surface area contributed by atoms with Crippen LogP contribution in [0, 0.1) is 0 Å². The fraction of sp³-hybridized carbons (Fsp3) is 0.724. The molecular formula is C29H46O4. The highest BCUT2D eigenvalue weighted by Crippen LogP contribution is 2.39. The van der Waals surface area contributed by atoms with Crippen LogP contribution in [0.2, 0.25) is 0 Å². The van der Waals surface area contributed by atoms with E-state index in [2.05, 4.69) is 31.2 Å². The van der Waals surface area contributed by atoms with E-state index in [1.807, 2.05) is 32.0 Å². The zero-order chi connectivity index (χ0) is 23.4. The molecule has 2 heterocycles. The van der Waals surface area contributed by atoms with Crippen LogP contribution in [-0.2, 0) is 25.6 Å². The van der Waals surface area contributed by atoms with Crippen molar-refractivity contribution in [3.05, 3.63) is 48.0 Å². The highest BCUT2D eigenvalue weighted by atomic mass is 16.8. The van der Waals surface area contributed by atoms with Gasteiger partial charge < -0.3 is 18.9 Å². The van der Waals surface area contributed by atoms with Crippen molar-refractivity contribution in [2.75, 3.05) is 0 Å². The zero-order valence-electron chi connectivity index (χ0n) is 21.2. The molecule has 1 aromatic carbocycles. The van der Waals surface area contributed by atoms with Crippen molar-refractivity contribution in [2.24, 2.45) is 0 Å². The quantitative estimate of drug-likeness (QED) is 0.188. The molecule has 33 heavy (non-hydrogen) atoms. The maximum atomic E-state index is 6.29. The predicted molar refractivity (Wildman–Crippen MR) is 134 cm³/mol. The maximum absolute atomic E-state index is 6.29. The summed E-state index contributed by atoms with van der Waals surface area (Å²) < 4.78 is 24.5. The molecule has 0 radical (unpaired) electrons. The van der Waals surface area contributed by atoms with E-state index < -0.39 is 5.79 Å². The molecule has 1 aromatic rings. The second kappa shape index (κ2) is 14.3. The summed E-state index contributed by atoms with van der Waals surface area (Å²) in [7, 11) is 0. The molecule has 2 aliphatic heterocycles. The molecule has 3 rings (SSSR count). The average molecular weight is 459 g/mol. The van der Waals surface area contributed by atoms with Gasteiger partial charge in [-0.3, -0.25) is 0 Å². The third kappa shape index (κ3) is 9.16. The van der Waals surface area contributed by atoms with Crippen LogP contribution < -0.4 is 0 Å². The second-order valence-electron chi connectivity index (χ2n) is 10.1. The molecule has 0 bridgehead atoms. The molecule has 0 aromatic heterocycles. The summed E-state index contributed by atoms with van der Waals surface area (Å²) in [6, 6.07) is 10.3. The largest absolute Gasteiger partial charge is 0.368 e. The van der Waals surface area contributed by atoms with Gasteiger partial charge in [-0.15, -0.1) is 0 Å². The molecule has 186 valence electrons. The van der Waals surface area contributed by atoms with Crippen LogP contribution in [0.1, 0.15) is 103 Å². The van der Waals surface area contributed by atoms with E-state index in [0.29, 0.717) is 6.61 Å². The van der Waals surface area contributed by atoms with Crippen LogP contribution in [0.15, 0.2) is 42.5 Å². The summed E-state index contributed by atoms with van der Waals surface area (Å²) in [6.07, 6.45) is 19.7. The number of unbranched alkanes of at least 4 members (excludes halogenated alkanes) is 11. The summed E-state index contributed by atoms with van der Waals surface area (Å²) in [5.41, 5.74) is 1.16. The fourth-order valence-electron chi connectivity index (χ4n) is 4.77. The lowest BCUT2D eigenvalue weighted by Gasteiger charge is -2.24. The molecule has 0 saturated carbocycles. The third-order valence-corrected chi connectivity index (χ3v) is 6.61. The minimum atomic E-state index is -0.631. The Hall–Kier alpha value is -1.20. The Morgan fingerprint density at radius 3 is 2.15 bits per heavy atom. The fourth-order valence-corrected chi connectivity index (χ4v) is 4.77. The topological polar surface area (TPSA) is 36.9 Å². The van der Waals surface area contributed by atoms with Gasteiger partial charge in [-0.05, 0) is 32.3 Å². The molecule has 4 atom stereocenters. The van der Waals surface area contributed by atoms with Gasteiger partial charge in [0.1, 0.15) is 18.3 Å². The van der Waals surface area contributed by atoms with E-state index >= 15 is 0 Å². The van der Waals surface area contributed by atoms with E-state index in [-0.39, 0.29) is 24.6 Å². The standard InChI is InChI=1S/C29H46O4/c1-4-5-6-7-8-9-10-11-12-13-14-15-19-22-25-26(30-23-24-20-17-16-18-21-24)27-28(31-25)33-29(2,3)32-27/h16-22,25-28H,4-15,23H2,1-3H3/b22-19+/t25-,26+,27-,28-/m1/s1. The van der Waals surface area contributed by atoms with E-state index in [1.165, 1.54) is 70.6 Å². The van der Waals surface area contributed by atoms with Gasteiger partial charge in [0.2, 0.25) is 0 Å². The first-order valence-corrected chi connectivity index (χ1v) is 13.4. The van der Waals surface area contributed by atoms with Crippen LogP contribution in [0.4, 0.5) is 0 Å².